The number of hydrogen-bond donors (Lipinski definition) is 1. The van der Waals surface area contributed by atoms with E-state index in [0.717, 1.165) is 29.3 Å². The second kappa shape index (κ2) is 10.0. The van der Waals surface area contributed by atoms with Gasteiger partial charge in [0, 0.05) is 5.71 Å². The zero-order valence-electron chi connectivity index (χ0n) is 15.6. The van der Waals surface area contributed by atoms with Gasteiger partial charge in [-0.1, -0.05) is 31.5 Å². The van der Waals surface area contributed by atoms with Crippen LogP contribution < -0.4 is 5.43 Å². The van der Waals surface area contributed by atoms with Crippen molar-refractivity contribution < 1.29 is 17.6 Å². The minimum absolute atomic E-state index is 0.0455. The van der Waals surface area contributed by atoms with Crippen molar-refractivity contribution in [2.45, 2.75) is 44.6 Å². The van der Waals surface area contributed by atoms with E-state index in [9.17, 15) is 13.2 Å². The minimum Gasteiger partial charge on any atom is -0.468 e. The minimum atomic E-state index is -3.86. The van der Waals surface area contributed by atoms with Crippen LogP contribution in [-0.2, 0) is 21.4 Å². The average molecular weight is 391 g/mol. The summed E-state index contributed by atoms with van der Waals surface area (Å²) in [6.45, 7) is 3.50. The largest absolute Gasteiger partial charge is 0.468 e. The molecule has 0 unspecified atom stereocenters. The molecule has 8 heteroatoms. The van der Waals surface area contributed by atoms with Gasteiger partial charge in [0.1, 0.15) is 5.76 Å². The molecule has 0 fully saturated rings. The predicted molar refractivity (Wildman–Crippen MR) is 104 cm³/mol. The monoisotopic (exact) mass is 391 g/mol. The highest BCUT2D eigenvalue weighted by Gasteiger charge is 2.27. The Balaban J connectivity index is 2.14. The topological polar surface area (TPSA) is 92.0 Å². The van der Waals surface area contributed by atoms with Gasteiger partial charge in [-0.15, -0.1) is 0 Å². The molecule has 0 saturated carbocycles. The first-order valence-electron chi connectivity index (χ1n) is 8.83. The molecule has 2 aromatic rings. The number of nitrogens with one attached hydrogen (secondary N) is 1. The standard InChI is InChI=1S/C19H25N3O4S/c1-3-4-9-16(2)20-21-19(23)15-22(14-17-10-8-13-26-17)27(24,25)18-11-6-5-7-12-18/h5-8,10-13H,3-4,9,14-15H2,1-2H3,(H,21,23)/b20-16-. The summed E-state index contributed by atoms with van der Waals surface area (Å²) in [6, 6.07) is 11.3. The number of amides is 1. The van der Waals surface area contributed by atoms with Crippen LogP contribution in [0.3, 0.4) is 0 Å². The van der Waals surface area contributed by atoms with Crippen molar-refractivity contribution in [3.63, 3.8) is 0 Å². The average Bonchev–Trinajstić information content (AvgIpc) is 3.18. The SMILES string of the molecule is CCCC/C(C)=N\NC(=O)CN(Cc1ccco1)S(=O)(=O)c1ccccc1. The van der Waals surface area contributed by atoms with E-state index in [-0.39, 0.29) is 18.0 Å². The fourth-order valence-electron chi connectivity index (χ4n) is 2.39. The maximum atomic E-state index is 12.9. The summed E-state index contributed by atoms with van der Waals surface area (Å²) in [6.07, 6.45) is 4.27. The van der Waals surface area contributed by atoms with Gasteiger partial charge >= 0.3 is 0 Å². The molecule has 0 aliphatic carbocycles. The van der Waals surface area contributed by atoms with E-state index in [1.54, 1.807) is 30.3 Å². The van der Waals surface area contributed by atoms with Crippen LogP contribution in [0.25, 0.3) is 0 Å². The number of sulfonamides is 1. The van der Waals surface area contributed by atoms with E-state index in [1.807, 2.05) is 6.92 Å². The third kappa shape index (κ3) is 6.33. The molecule has 0 bridgehead atoms. The molecule has 0 aliphatic rings. The first kappa shape index (κ1) is 20.9. The molecular formula is C19H25N3O4S. The number of nitrogens with zero attached hydrogens (tertiary/aromatic N) is 2. The quantitative estimate of drug-likeness (QED) is 0.497. The summed E-state index contributed by atoms with van der Waals surface area (Å²) in [4.78, 5) is 12.4. The Morgan fingerprint density at radius 1 is 1.19 bits per heavy atom. The summed E-state index contributed by atoms with van der Waals surface area (Å²) in [5, 5.41) is 4.04. The van der Waals surface area contributed by atoms with E-state index < -0.39 is 15.9 Å². The maximum absolute atomic E-state index is 12.9. The predicted octanol–water partition coefficient (Wildman–Crippen LogP) is 3.15. The molecular weight excluding hydrogens is 366 g/mol. The lowest BCUT2D eigenvalue weighted by Gasteiger charge is -2.20. The van der Waals surface area contributed by atoms with Gasteiger partial charge in [0.25, 0.3) is 5.91 Å². The first-order valence-corrected chi connectivity index (χ1v) is 10.3. The van der Waals surface area contributed by atoms with E-state index >= 15 is 0 Å². The Morgan fingerprint density at radius 3 is 2.56 bits per heavy atom. The van der Waals surface area contributed by atoms with Gasteiger partial charge in [0.15, 0.2) is 0 Å². The molecule has 1 N–H and O–H groups in total. The van der Waals surface area contributed by atoms with Gasteiger partial charge in [-0.3, -0.25) is 4.79 Å². The van der Waals surface area contributed by atoms with E-state index in [4.69, 9.17) is 4.42 Å². The van der Waals surface area contributed by atoms with E-state index in [2.05, 4.69) is 17.5 Å². The Kier molecular flexibility index (Phi) is 7.75. The molecule has 2 rings (SSSR count). The number of carbonyl (C=O) groups excluding carboxylic acids is 1. The van der Waals surface area contributed by atoms with Crippen molar-refractivity contribution in [3.8, 4) is 0 Å². The number of unbranched alkanes of at least 4 members (excludes halogenated alkanes) is 1. The molecule has 7 nitrogen and oxygen atoms in total. The van der Waals surface area contributed by atoms with Crippen molar-refractivity contribution >= 4 is 21.6 Å². The zero-order valence-corrected chi connectivity index (χ0v) is 16.4. The highest BCUT2D eigenvalue weighted by molar-refractivity contribution is 7.89. The highest BCUT2D eigenvalue weighted by atomic mass is 32.2. The van der Waals surface area contributed by atoms with Crippen LogP contribution in [0.4, 0.5) is 0 Å². The maximum Gasteiger partial charge on any atom is 0.255 e. The Hall–Kier alpha value is -2.45. The summed E-state index contributed by atoms with van der Waals surface area (Å²) in [7, 11) is -3.86. The van der Waals surface area contributed by atoms with Gasteiger partial charge in [0.05, 0.1) is 24.2 Å². The summed E-state index contributed by atoms with van der Waals surface area (Å²) < 4.78 is 32.2. The number of hydrazone groups is 1. The van der Waals surface area contributed by atoms with Crippen molar-refractivity contribution in [3.05, 3.63) is 54.5 Å². The molecule has 1 heterocycles. The molecule has 27 heavy (non-hydrogen) atoms. The first-order chi connectivity index (χ1) is 12.9. The normalized spacial score (nSPS) is 12.3. The van der Waals surface area contributed by atoms with Crippen LogP contribution in [0.15, 0.2) is 63.1 Å². The number of rotatable bonds is 10. The van der Waals surface area contributed by atoms with Crippen LogP contribution in [-0.4, -0.2) is 30.9 Å². The van der Waals surface area contributed by atoms with Gasteiger partial charge < -0.3 is 4.42 Å². The number of furan rings is 1. The van der Waals surface area contributed by atoms with Crippen LogP contribution in [0.5, 0.6) is 0 Å². The van der Waals surface area contributed by atoms with Gasteiger partial charge in [-0.2, -0.15) is 9.41 Å². The van der Waals surface area contributed by atoms with Crippen molar-refractivity contribution in [2.75, 3.05) is 6.54 Å². The molecule has 0 aliphatic heterocycles. The smallest absolute Gasteiger partial charge is 0.255 e. The zero-order chi connectivity index (χ0) is 19.7. The number of benzene rings is 1. The Bertz CT molecular complexity index is 846. The van der Waals surface area contributed by atoms with Crippen molar-refractivity contribution in [1.82, 2.24) is 9.73 Å². The number of carbonyl (C=O) groups is 1. The lowest BCUT2D eigenvalue weighted by atomic mass is 10.2. The van der Waals surface area contributed by atoms with Gasteiger partial charge in [-0.05, 0) is 44.0 Å². The molecule has 1 amide bonds. The molecule has 0 radical (unpaired) electrons. The third-order valence-electron chi connectivity index (χ3n) is 3.88. The lowest BCUT2D eigenvalue weighted by molar-refractivity contribution is -0.121. The summed E-state index contributed by atoms with van der Waals surface area (Å²) in [5.41, 5.74) is 3.24. The highest BCUT2D eigenvalue weighted by Crippen LogP contribution is 2.18. The lowest BCUT2D eigenvalue weighted by Crippen LogP contribution is -2.39. The van der Waals surface area contributed by atoms with E-state index in [1.165, 1.54) is 18.4 Å². The van der Waals surface area contributed by atoms with Crippen LogP contribution in [0, 0.1) is 0 Å². The second-order valence-corrected chi connectivity index (χ2v) is 8.09. The molecule has 1 aromatic heterocycles. The fourth-order valence-corrected chi connectivity index (χ4v) is 3.77. The summed E-state index contributed by atoms with van der Waals surface area (Å²) in [5.74, 6) is -0.0538. The van der Waals surface area contributed by atoms with Gasteiger partial charge in [0.2, 0.25) is 10.0 Å². The fraction of sp³-hybridized carbons (Fsp3) is 0.368. The molecule has 146 valence electrons. The Labute approximate surface area is 160 Å². The van der Waals surface area contributed by atoms with Crippen LogP contribution >= 0.6 is 0 Å². The molecule has 1 aromatic carbocycles. The third-order valence-corrected chi connectivity index (χ3v) is 5.68. The van der Waals surface area contributed by atoms with Gasteiger partial charge in [-0.25, -0.2) is 13.8 Å². The van der Waals surface area contributed by atoms with Crippen molar-refractivity contribution in [2.24, 2.45) is 5.10 Å². The number of hydrogen-bond acceptors (Lipinski definition) is 5. The molecule has 0 saturated heterocycles. The molecule has 0 atom stereocenters. The van der Waals surface area contributed by atoms with Crippen molar-refractivity contribution in [1.29, 1.82) is 0 Å². The molecule has 0 spiro atoms. The van der Waals surface area contributed by atoms with E-state index in [0.29, 0.717) is 5.76 Å². The summed E-state index contributed by atoms with van der Waals surface area (Å²) >= 11 is 0. The van der Waals surface area contributed by atoms with Crippen LogP contribution in [0.1, 0.15) is 38.9 Å². The Morgan fingerprint density at radius 2 is 1.93 bits per heavy atom. The second-order valence-electron chi connectivity index (χ2n) is 6.15. The van der Waals surface area contributed by atoms with Crippen LogP contribution in [0.2, 0.25) is 0 Å².